The summed E-state index contributed by atoms with van der Waals surface area (Å²) in [7, 11) is 0. The summed E-state index contributed by atoms with van der Waals surface area (Å²) in [5.41, 5.74) is 5.32. The second-order valence-corrected chi connectivity index (χ2v) is 6.54. The zero-order valence-electron chi connectivity index (χ0n) is 9.01. The molecule has 0 saturated heterocycles. The zero-order chi connectivity index (χ0) is 11.9. The van der Waals surface area contributed by atoms with Crippen molar-refractivity contribution in [2.45, 2.75) is 29.9 Å². The van der Waals surface area contributed by atoms with Gasteiger partial charge in [0.15, 0.2) is 0 Å². The quantitative estimate of drug-likeness (QED) is 0.499. The Kier molecular flexibility index (Phi) is 3.42. The van der Waals surface area contributed by atoms with Crippen molar-refractivity contribution in [3.63, 3.8) is 0 Å². The first-order valence-electron chi connectivity index (χ1n) is 4.63. The van der Waals surface area contributed by atoms with E-state index in [0.717, 1.165) is 0 Å². The molecule has 0 fully saturated rings. The van der Waals surface area contributed by atoms with Gasteiger partial charge in [-0.1, -0.05) is 40.8 Å². The lowest BCUT2D eigenvalue weighted by atomic mass is 9.94. The number of hydrogen-bond acceptors (Lipinski definition) is 2. The van der Waals surface area contributed by atoms with Crippen LogP contribution < -0.4 is 5.73 Å². The molecule has 0 amide bonds. The third kappa shape index (κ3) is 2.89. The second-order valence-electron chi connectivity index (χ2n) is 4.30. The van der Waals surface area contributed by atoms with Crippen molar-refractivity contribution in [3.05, 3.63) is 35.1 Å². The Bertz CT molecular complexity index is 334. The first-order valence-corrected chi connectivity index (χ1v) is 5.71. The minimum absolute atomic E-state index is 0.272. The molecule has 0 spiro atoms. The Morgan fingerprint density at radius 3 is 2.13 bits per heavy atom. The van der Waals surface area contributed by atoms with Crippen molar-refractivity contribution in [3.8, 4) is 0 Å². The molecule has 0 aliphatic rings. The predicted molar refractivity (Wildman–Crippen MR) is 67.2 cm³/mol. The van der Waals surface area contributed by atoms with E-state index in [1.54, 1.807) is 39.0 Å². The van der Waals surface area contributed by atoms with Gasteiger partial charge in [0.1, 0.15) is 5.82 Å². The SMILES string of the molecule is CC(C)(O)c1cccc(C(C)(N)I)c1F. The highest BCUT2D eigenvalue weighted by atomic mass is 127. The number of aliphatic hydroxyl groups is 1. The molecule has 1 unspecified atom stereocenters. The van der Waals surface area contributed by atoms with Gasteiger partial charge in [-0.25, -0.2) is 4.39 Å². The van der Waals surface area contributed by atoms with Gasteiger partial charge in [-0.15, -0.1) is 0 Å². The van der Waals surface area contributed by atoms with Gasteiger partial charge in [-0.05, 0) is 20.8 Å². The van der Waals surface area contributed by atoms with Crippen LogP contribution in [0.3, 0.4) is 0 Å². The second kappa shape index (κ2) is 3.99. The molecule has 2 nitrogen and oxygen atoms in total. The highest BCUT2D eigenvalue weighted by Crippen LogP contribution is 2.32. The number of hydrogen-bond donors (Lipinski definition) is 2. The fraction of sp³-hybridized carbons (Fsp3) is 0.455. The van der Waals surface area contributed by atoms with Crippen molar-refractivity contribution in [2.75, 3.05) is 0 Å². The molecule has 15 heavy (non-hydrogen) atoms. The molecule has 0 aliphatic heterocycles. The molecular formula is C11H15FINO. The fourth-order valence-corrected chi connectivity index (χ4v) is 1.80. The zero-order valence-corrected chi connectivity index (χ0v) is 11.2. The van der Waals surface area contributed by atoms with Crippen LogP contribution in [-0.2, 0) is 9.15 Å². The largest absolute Gasteiger partial charge is 0.386 e. The minimum atomic E-state index is -1.19. The summed E-state index contributed by atoms with van der Waals surface area (Å²) in [6, 6.07) is 4.91. The molecule has 0 aromatic heterocycles. The molecule has 1 atom stereocenters. The molecule has 0 heterocycles. The lowest BCUT2D eigenvalue weighted by Crippen LogP contribution is -2.28. The van der Waals surface area contributed by atoms with E-state index < -0.39 is 15.0 Å². The highest BCUT2D eigenvalue weighted by molar-refractivity contribution is 14.1. The van der Waals surface area contributed by atoms with Gasteiger partial charge in [0.25, 0.3) is 0 Å². The molecule has 1 aromatic rings. The summed E-state index contributed by atoms with van der Waals surface area (Å²) in [4.78, 5) is 0. The summed E-state index contributed by atoms with van der Waals surface area (Å²) in [6.45, 7) is 4.83. The Morgan fingerprint density at radius 2 is 1.73 bits per heavy atom. The number of alkyl halides is 1. The van der Waals surface area contributed by atoms with Crippen LogP contribution in [0, 0.1) is 5.82 Å². The van der Waals surface area contributed by atoms with Gasteiger partial charge >= 0.3 is 0 Å². The predicted octanol–water partition coefficient (Wildman–Crippen LogP) is 2.62. The van der Waals surface area contributed by atoms with Crippen LogP contribution in [-0.4, -0.2) is 5.11 Å². The lowest BCUT2D eigenvalue weighted by Gasteiger charge is -2.24. The van der Waals surface area contributed by atoms with Crippen molar-refractivity contribution in [1.29, 1.82) is 0 Å². The van der Waals surface area contributed by atoms with Gasteiger partial charge in [0, 0.05) is 11.1 Å². The maximum Gasteiger partial charge on any atom is 0.135 e. The molecule has 1 rings (SSSR count). The number of rotatable bonds is 2. The van der Waals surface area contributed by atoms with Crippen molar-refractivity contribution >= 4 is 22.6 Å². The van der Waals surface area contributed by atoms with E-state index >= 15 is 0 Å². The summed E-state index contributed by atoms with van der Waals surface area (Å²) < 4.78 is 13.2. The van der Waals surface area contributed by atoms with Crippen LogP contribution in [0.5, 0.6) is 0 Å². The molecule has 84 valence electrons. The van der Waals surface area contributed by atoms with E-state index in [1.165, 1.54) is 0 Å². The van der Waals surface area contributed by atoms with Crippen molar-refractivity contribution in [1.82, 2.24) is 0 Å². The smallest absolute Gasteiger partial charge is 0.135 e. The highest BCUT2D eigenvalue weighted by Gasteiger charge is 2.27. The van der Waals surface area contributed by atoms with Gasteiger partial charge in [0.05, 0.1) is 9.15 Å². The van der Waals surface area contributed by atoms with Crippen LogP contribution in [0.15, 0.2) is 18.2 Å². The monoisotopic (exact) mass is 323 g/mol. The number of benzene rings is 1. The molecule has 0 saturated carbocycles. The van der Waals surface area contributed by atoms with E-state index in [-0.39, 0.29) is 5.56 Å². The average Bonchev–Trinajstić information content (AvgIpc) is 1.99. The van der Waals surface area contributed by atoms with E-state index in [2.05, 4.69) is 0 Å². The molecule has 0 aliphatic carbocycles. The lowest BCUT2D eigenvalue weighted by molar-refractivity contribution is 0.0743. The summed E-state index contributed by atoms with van der Waals surface area (Å²) in [5.74, 6) is -0.426. The third-order valence-electron chi connectivity index (χ3n) is 2.18. The molecule has 1 aromatic carbocycles. The normalized spacial score (nSPS) is 16.2. The third-order valence-corrected chi connectivity index (χ3v) is 2.77. The van der Waals surface area contributed by atoms with Gasteiger partial charge in [-0.3, -0.25) is 0 Å². The standard InChI is InChI=1S/C11H15FINO/c1-10(2,15)7-5-4-6-8(9(7)12)11(3,13)14/h4-6,15H,14H2,1-3H3. The van der Waals surface area contributed by atoms with E-state index in [9.17, 15) is 9.50 Å². The molecule has 3 N–H and O–H groups in total. The maximum atomic E-state index is 14.0. The molecule has 0 bridgehead atoms. The van der Waals surface area contributed by atoms with Gasteiger partial charge < -0.3 is 10.8 Å². The van der Waals surface area contributed by atoms with E-state index in [1.807, 2.05) is 22.6 Å². The Morgan fingerprint density at radius 1 is 1.27 bits per heavy atom. The van der Waals surface area contributed by atoms with Crippen LogP contribution in [0.4, 0.5) is 4.39 Å². The number of nitrogens with two attached hydrogens (primary N) is 1. The van der Waals surface area contributed by atoms with E-state index in [4.69, 9.17) is 5.73 Å². The summed E-state index contributed by atoms with van der Waals surface area (Å²) in [5, 5.41) is 9.78. The van der Waals surface area contributed by atoms with Crippen molar-refractivity contribution in [2.24, 2.45) is 5.73 Å². The van der Waals surface area contributed by atoms with Crippen LogP contribution >= 0.6 is 22.6 Å². The Labute approximate surface area is 103 Å². The van der Waals surface area contributed by atoms with Gasteiger partial charge in [0.2, 0.25) is 0 Å². The van der Waals surface area contributed by atoms with Gasteiger partial charge in [-0.2, -0.15) is 0 Å². The van der Waals surface area contributed by atoms with Crippen molar-refractivity contribution < 1.29 is 9.50 Å². The first kappa shape index (κ1) is 12.9. The van der Waals surface area contributed by atoms with Crippen LogP contribution in [0.1, 0.15) is 31.9 Å². The molecule has 0 radical (unpaired) electrons. The van der Waals surface area contributed by atoms with Crippen LogP contribution in [0.2, 0.25) is 0 Å². The number of halogens is 2. The average molecular weight is 323 g/mol. The topological polar surface area (TPSA) is 46.2 Å². The molecular weight excluding hydrogens is 308 g/mol. The summed E-state index contributed by atoms with van der Waals surface area (Å²) >= 11 is 1.97. The fourth-order valence-electron chi connectivity index (χ4n) is 1.38. The maximum absolute atomic E-state index is 14.0. The summed E-state index contributed by atoms with van der Waals surface area (Å²) in [6.07, 6.45) is 0. The minimum Gasteiger partial charge on any atom is -0.386 e. The molecule has 4 heteroatoms. The van der Waals surface area contributed by atoms with Crippen LogP contribution in [0.25, 0.3) is 0 Å². The van der Waals surface area contributed by atoms with E-state index in [0.29, 0.717) is 5.56 Å². The first-order chi connectivity index (χ1) is 6.64. The Hall–Kier alpha value is -0.200. The Balaban J connectivity index is 3.37.